The van der Waals surface area contributed by atoms with E-state index < -0.39 is 18.9 Å². The highest BCUT2D eigenvalue weighted by atomic mass is 19.3. The van der Waals surface area contributed by atoms with Crippen LogP contribution in [0.4, 0.5) is 14.6 Å². The molecule has 0 aliphatic carbocycles. The van der Waals surface area contributed by atoms with Crippen LogP contribution in [0.15, 0.2) is 30.5 Å². The van der Waals surface area contributed by atoms with Gasteiger partial charge in [-0.3, -0.25) is 0 Å². The van der Waals surface area contributed by atoms with Crippen molar-refractivity contribution in [1.29, 1.82) is 0 Å². The number of nitrogens with zero attached hydrogens (tertiary/aromatic N) is 2. The molecule has 0 saturated heterocycles. The van der Waals surface area contributed by atoms with Gasteiger partial charge in [-0.25, -0.2) is 18.6 Å². The zero-order valence-corrected chi connectivity index (χ0v) is 11.0. The summed E-state index contributed by atoms with van der Waals surface area (Å²) >= 11 is 0. The molecule has 0 radical (unpaired) electrons. The van der Waals surface area contributed by atoms with Gasteiger partial charge < -0.3 is 15.1 Å². The van der Waals surface area contributed by atoms with E-state index in [1.807, 2.05) is 0 Å². The molecule has 0 saturated carbocycles. The van der Waals surface area contributed by atoms with Gasteiger partial charge in [0.1, 0.15) is 5.82 Å². The number of aromatic nitrogens is 1. The van der Waals surface area contributed by atoms with E-state index in [-0.39, 0.29) is 24.5 Å². The summed E-state index contributed by atoms with van der Waals surface area (Å²) in [5.74, 6) is -0.891. The van der Waals surface area contributed by atoms with Gasteiger partial charge in [0, 0.05) is 23.5 Å². The first kappa shape index (κ1) is 15.1. The van der Waals surface area contributed by atoms with Crippen molar-refractivity contribution >= 4 is 22.6 Å². The Balaban J connectivity index is 2.58. The van der Waals surface area contributed by atoms with Crippen LogP contribution in [0.2, 0.25) is 0 Å². The van der Waals surface area contributed by atoms with Crippen molar-refractivity contribution in [1.82, 2.24) is 4.98 Å². The Kier molecular flexibility index (Phi) is 4.64. The molecule has 1 aromatic heterocycles. The van der Waals surface area contributed by atoms with E-state index in [9.17, 15) is 13.6 Å². The summed E-state index contributed by atoms with van der Waals surface area (Å²) in [5.41, 5.74) is 0.00958. The standard InChI is InChI=1S/C14H14F2N2O3/c15-12(16)8-18(5-6-19)13-10-4-2-1-3-9(10)11(7-17-13)14(20)21/h1-4,7,12,19H,5-6,8H2,(H,20,21). The van der Waals surface area contributed by atoms with Crippen molar-refractivity contribution in [3.05, 3.63) is 36.0 Å². The largest absolute Gasteiger partial charge is 0.478 e. The lowest BCUT2D eigenvalue weighted by Crippen LogP contribution is -2.32. The molecule has 0 unspecified atom stereocenters. The Bertz CT molecular complexity index is 649. The number of fused-ring (bicyclic) bond motifs is 1. The lowest BCUT2D eigenvalue weighted by atomic mass is 10.1. The second kappa shape index (κ2) is 6.45. The van der Waals surface area contributed by atoms with Gasteiger partial charge in [0.25, 0.3) is 6.43 Å². The van der Waals surface area contributed by atoms with Crippen LogP contribution in [0.25, 0.3) is 10.8 Å². The van der Waals surface area contributed by atoms with Crippen molar-refractivity contribution in [2.45, 2.75) is 6.43 Å². The highest BCUT2D eigenvalue weighted by Gasteiger charge is 2.19. The van der Waals surface area contributed by atoms with Crippen LogP contribution in [-0.4, -0.2) is 47.3 Å². The first-order chi connectivity index (χ1) is 10.0. The number of benzene rings is 1. The van der Waals surface area contributed by atoms with Crippen molar-refractivity contribution in [2.75, 3.05) is 24.6 Å². The number of rotatable bonds is 6. The molecule has 2 N–H and O–H groups in total. The minimum Gasteiger partial charge on any atom is -0.478 e. The van der Waals surface area contributed by atoms with Gasteiger partial charge >= 0.3 is 5.97 Å². The molecule has 0 aliphatic rings. The maximum absolute atomic E-state index is 12.7. The van der Waals surface area contributed by atoms with Crippen LogP contribution in [-0.2, 0) is 0 Å². The number of aliphatic hydroxyl groups is 1. The molecular formula is C14H14F2N2O3. The van der Waals surface area contributed by atoms with E-state index in [4.69, 9.17) is 10.2 Å². The van der Waals surface area contributed by atoms with E-state index in [0.717, 1.165) is 6.20 Å². The Morgan fingerprint density at radius 3 is 2.52 bits per heavy atom. The van der Waals surface area contributed by atoms with Gasteiger partial charge in [0.2, 0.25) is 0 Å². The van der Waals surface area contributed by atoms with Gasteiger partial charge in [-0.15, -0.1) is 0 Å². The first-order valence-electron chi connectivity index (χ1n) is 6.29. The predicted octanol–water partition coefficient (Wildman–Crippen LogP) is 2.00. The summed E-state index contributed by atoms with van der Waals surface area (Å²) in [6.45, 7) is -0.888. The topological polar surface area (TPSA) is 73.7 Å². The maximum Gasteiger partial charge on any atom is 0.337 e. The fourth-order valence-electron chi connectivity index (χ4n) is 2.17. The maximum atomic E-state index is 12.7. The average Bonchev–Trinajstić information content (AvgIpc) is 2.45. The van der Waals surface area contributed by atoms with E-state index in [1.165, 1.54) is 4.90 Å². The third-order valence-corrected chi connectivity index (χ3v) is 3.03. The number of alkyl halides is 2. The zero-order chi connectivity index (χ0) is 15.4. The third-order valence-electron chi connectivity index (χ3n) is 3.03. The highest BCUT2D eigenvalue weighted by molar-refractivity contribution is 6.06. The van der Waals surface area contributed by atoms with Gasteiger partial charge in [0.15, 0.2) is 0 Å². The van der Waals surface area contributed by atoms with Crippen molar-refractivity contribution in [2.24, 2.45) is 0 Å². The highest BCUT2D eigenvalue weighted by Crippen LogP contribution is 2.27. The van der Waals surface area contributed by atoms with Crippen LogP contribution in [0.1, 0.15) is 10.4 Å². The number of anilines is 1. The number of carboxylic acids is 1. The Morgan fingerprint density at radius 1 is 1.29 bits per heavy atom. The van der Waals surface area contributed by atoms with E-state index in [1.54, 1.807) is 24.3 Å². The average molecular weight is 296 g/mol. The number of hydrogen-bond acceptors (Lipinski definition) is 4. The SMILES string of the molecule is O=C(O)c1cnc(N(CCO)CC(F)F)c2ccccc12. The molecule has 0 spiro atoms. The molecule has 1 heterocycles. The summed E-state index contributed by atoms with van der Waals surface area (Å²) in [4.78, 5) is 16.4. The predicted molar refractivity (Wildman–Crippen MR) is 74.0 cm³/mol. The van der Waals surface area contributed by atoms with Crippen molar-refractivity contribution in [3.63, 3.8) is 0 Å². The van der Waals surface area contributed by atoms with Crippen LogP contribution in [0, 0.1) is 0 Å². The summed E-state index contributed by atoms with van der Waals surface area (Å²) in [6.07, 6.45) is -1.44. The fraction of sp³-hybridized carbons (Fsp3) is 0.286. The number of pyridine rings is 1. The van der Waals surface area contributed by atoms with Crippen LogP contribution < -0.4 is 4.90 Å². The summed E-state index contributed by atoms with van der Waals surface area (Å²) < 4.78 is 25.3. The molecule has 0 atom stereocenters. The number of aromatic carboxylic acids is 1. The molecule has 7 heteroatoms. The van der Waals surface area contributed by atoms with E-state index in [0.29, 0.717) is 10.8 Å². The zero-order valence-electron chi connectivity index (χ0n) is 11.0. The lowest BCUT2D eigenvalue weighted by Gasteiger charge is -2.24. The van der Waals surface area contributed by atoms with Gasteiger partial charge in [-0.05, 0) is 0 Å². The number of carbonyl (C=O) groups is 1. The lowest BCUT2D eigenvalue weighted by molar-refractivity contribution is 0.0698. The van der Waals surface area contributed by atoms with Crippen molar-refractivity contribution < 1.29 is 23.8 Å². The monoisotopic (exact) mass is 296 g/mol. The second-order valence-corrected chi connectivity index (χ2v) is 4.41. The van der Waals surface area contributed by atoms with E-state index in [2.05, 4.69) is 4.98 Å². The van der Waals surface area contributed by atoms with Crippen LogP contribution in [0.5, 0.6) is 0 Å². The Morgan fingerprint density at radius 2 is 1.95 bits per heavy atom. The number of aliphatic hydroxyl groups excluding tert-OH is 1. The van der Waals surface area contributed by atoms with Gasteiger partial charge in [-0.2, -0.15) is 0 Å². The van der Waals surface area contributed by atoms with E-state index >= 15 is 0 Å². The Labute approximate surface area is 119 Å². The molecule has 5 nitrogen and oxygen atoms in total. The summed E-state index contributed by atoms with van der Waals surface area (Å²) in [6, 6.07) is 6.57. The molecular weight excluding hydrogens is 282 g/mol. The first-order valence-corrected chi connectivity index (χ1v) is 6.29. The quantitative estimate of drug-likeness (QED) is 0.853. The second-order valence-electron chi connectivity index (χ2n) is 4.41. The fourth-order valence-corrected chi connectivity index (χ4v) is 2.17. The molecule has 1 aromatic carbocycles. The third kappa shape index (κ3) is 3.25. The number of halogens is 2. The van der Waals surface area contributed by atoms with Crippen LogP contribution in [0.3, 0.4) is 0 Å². The Hall–Kier alpha value is -2.28. The molecule has 0 fully saturated rings. The normalized spacial score (nSPS) is 11.0. The minimum absolute atomic E-state index is 0.00620. The number of carboxylic acid groups (broad SMARTS) is 1. The van der Waals surface area contributed by atoms with Crippen LogP contribution >= 0.6 is 0 Å². The molecule has 2 aromatic rings. The molecule has 0 bridgehead atoms. The minimum atomic E-state index is -2.59. The number of hydrogen-bond donors (Lipinski definition) is 2. The molecule has 0 amide bonds. The van der Waals surface area contributed by atoms with Gasteiger partial charge in [-0.1, -0.05) is 24.3 Å². The molecule has 112 valence electrons. The molecule has 21 heavy (non-hydrogen) atoms. The summed E-state index contributed by atoms with van der Waals surface area (Å²) in [7, 11) is 0. The van der Waals surface area contributed by atoms with Crippen molar-refractivity contribution in [3.8, 4) is 0 Å². The summed E-state index contributed by atoms with van der Waals surface area (Å²) in [5, 5.41) is 19.1. The molecule has 0 aliphatic heterocycles. The molecule has 2 rings (SSSR count). The van der Waals surface area contributed by atoms with Gasteiger partial charge in [0.05, 0.1) is 18.7 Å². The smallest absolute Gasteiger partial charge is 0.337 e.